The summed E-state index contributed by atoms with van der Waals surface area (Å²) >= 11 is 0. The summed E-state index contributed by atoms with van der Waals surface area (Å²) in [6, 6.07) is 11.4. The Morgan fingerprint density at radius 1 is 1.16 bits per heavy atom. The molecule has 5 heteroatoms. The standard InChI is InChI=1S/C14H9FN2O2/c15-12-6-3-7-13(16-12)17-14(18)10-8-19-11-5-2-1-4-9(10)11/h1-8H,(H,16,17,18). The maximum Gasteiger partial charge on any atom is 0.260 e. The highest BCUT2D eigenvalue weighted by molar-refractivity contribution is 6.11. The van der Waals surface area contributed by atoms with Crippen LogP contribution in [0.25, 0.3) is 11.0 Å². The molecule has 0 aliphatic rings. The molecule has 0 fully saturated rings. The van der Waals surface area contributed by atoms with E-state index in [1.54, 1.807) is 12.1 Å². The number of benzene rings is 1. The first-order valence-corrected chi connectivity index (χ1v) is 5.64. The second-order valence-electron chi connectivity index (χ2n) is 3.95. The molecule has 0 atom stereocenters. The van der Waals surface area contributed by atoms with Gasteiger partial charge in [0.15, 0.2) is 0 Å². The number of nitrogens with zero attached hydrogens (tertiary/aromatic N) is 1. The van der Waals surface area contributed by atoms with Gasteiger partial charge in [0.2, 0.25) is 5.95 Å². The Morgan fingerprint density at radius 2 is 2.00 bits per heavy atom. The summed E-state index contributed by atoms with van der Waals surface area (Å²) in [7, 11) is 0. The van der Waals surface area contributed by atoms with E-state index in [0.717, 1.165) is 0 Å². The summed E-state index contributed by atoms with van der Waals surface area (Å²) in [6.45, 7) is 0. The summed E-state index contributed by atoms with van der Waals surface area (Å²) in [5.74, 6) is -0.867. The summed E-state index contributed by atoms with van der Waals surface area (Å²) in [6.07, 6.45) is 1.37. The lowest BCUT2D eigenvalue weighted by Gasteiger charge is -2.02. The number of furan rings is 1. The molecule has 19 heavy (non-hydrogen) atoms. The van der Waals surface area contributed by atoms with E-state index in [1.807, 2.05) is 12.1 Å². The van der Waals surface area contributed by atoms with Gasteiger partial charge in [-0.05, 0) is 18.2 Å². The summed E-state index contributed by atoms with van der Waals surface area (Å²) in [4.78, 5) is 15.6. The van der Waals surface area contributed by atoms with Crippen LogP contribution in [0.4, 0.5) is 10.2 Å². The lowest BCUT2D eigenvalue weighted by Crippen LogP contribution is -2.12. The molecule has 3 rings (SSSR count). The topological polar surface area (TPSA) is 55.1 Å². The normalized spacial score (nSPS) is 10.6. The lowest BCUT2D eigenvalue weighted by molar-refractivity contribution is 0.102. The highest BCUT2D eigenvalue weighted by Crippen LogP contribution is 2.21. The molecular weight excluding hydrogens is 247 g/mol. The number of anilines is 1. The van der Waals surface area contributed by atoms with Gasteiger partial charge in [0.25, 0.3) is 5.91 Å². The van der Waals surface area contributed by atoms with Crippen LogP contribution >= 0.6 is 0 Å². The maximum absolute atomic E-state index is 12.9. The molecule has 0 spiro atoms. The van der Waals surface area contributed by atoms with Crippen molar-refractivity contribution >= 4 is 22.7 Å². The molecule has 94 valence electrons. The predicted octanol–water partition coefficient (Wildman–Crippen LogP) is 3.22. The molecule has 0 bridgehead atoms. The number of amides is 1. The number of para-hydroxylation sites is 1. The summed E-state index contributed by atoms with van der Waals surface area (Å²) in [5, 5.41) is 3.23. The van der Waals surface area contributed by atoms with Crippen molar-refractivity contribution in [3.05, 3.63) is 60.2 Å². The zero-order valence-corrected chi connectivity index (χ0v) is 9.76. The number of pyridine rings is 1. The van der Waals surface area contributed by atoms with Crippen molar-refractivity contribution in [2.75, 3.05) is 5.32 Å². The molecule has 1 amide bonds. The van der Waals surface area contributed by atoms with Gasteiger partial charge in [0.05, 0.1) is 5.56 Å². The average Bonchev–Trinajstić information content (AvgIpc) is 2.82. The molecule has 0 radical (unpaired) electrons. The van der Waals surface area contributed by atoms with Crippen LogP contribution in [0.1, 0.15) is 10.4 Å². The van der Waals surface area contributed by atoms with Gasteiger partial charge in [-0.3, -0.25) is 4.79 Å². The molecule has 0 saturated heterocycles. The quantitative estimate of drug-likeness (QED) is 0.716. The first-order valence-electron chi connectivity index (χ1n) is 5.64. The molecule has 1 N–H and O–H groups in total. The van der Waals surface area contributed by atoms with E-state index in [1.165, 1.54) is 24.5 Å². The third kappa shape index (κ3) is 2.18. The number of hydrogen-bond donors (Lipinski definition) is 1. The number of aromatic nitrogens is 1. The Bertz CT molecular complexity index is 752. The van der Waals surface area contributed by atoms with Crippen molar-refractivity contribution in [2.24, 2.45) is 0 Å². The van der Waals surface area contributed by atoms with Crippen LogP contribution in [-0.2, 0) is 0 Å². The van der Waals surface area contributed by atoms with E-state index >= 15 is 0 Å². The highest BCUT2D eigenvalue weighted by Gasteiger charge is 2.13. The molecule has 2 heterocycles. The monoisotopic (exact) mass is 256 g/mol. The Morgan fingerprint density at radius 3 is 2.84 bits per heavy atom. The molecule has 2 aromatic heterocycles. The summed E-state index contributed by atoms with van der Waals surface area (Å²) < 4.78 is 18.2. The zero-order chi connectivity index (χ0) is 13.2. The van der Waals surface area contributed by atoms with E-state index in [2.05, 4.69) is 10.3 Å². The predicted molar refractivity (Wildman–Crippen MR) is 68.4 cm³/mol. The smallest absolute Gasteiger partial charge is 0.260 e. The van der Waals surface area contributed by atoms with Crippen molar-refractivity contribution in [2.45, 2.75) is 0 Å². The van der Waals surface area contributed by atoms with Crippen LogP contribution in [0.2, 0.25) is 0 Å². The van der Waals surface area contributed by atoms with Crippen LogP contribution in [0.3, 0.4) is 0 Å². The molecule has 0 aliphatic heterocycles. The van der Waals surface area contributed by atoms with Crippen molar-refractivity contribution in [3.8, 4) is 0 Å². The Kier molecular flexibility index (Phi) is 2.72. The number of rotatable bonds is 2. The molecule has 0 saturated carbocycles. The van der Waals surface area contributed by atoms with E-state index in [9.17, 15) is 9.18 Å². The first-order chi connectivity index (χ1) is 9.24. The minimum Gasteiger partial charge on any atom is -0.463 e. The van der Waals surface area contributed by atoms with Crippen molar-refractivity contribution < 1.29 is 13.6 Å². The lowest BCUT2D eigenvalue weighted by atomic mass is 10.1. The molecule has 1 aromatic carbocycles. The van der Waals surface area contributed by atoms with Gasteiger partial charge in [0.1, 0.15) is 17.7 Å². The number of nitrogens with one attached hydrogen (secondary N) is 1. The third-order valence-corrected chi connectivity index (χ3v) is 2.68. The number of hydrogen-bond acceptors (Lipinski definition) is 3. The number of fused-ring (bicyclic) bond motifs is 1. The second-order valence-corrected chi connectivity index (χ2v) is 3.95. The van der Waals surface area contributed by atoms with Crippen molar-refractivity contribution in [1.29, 1.82) is 0 Å². The number of carbonyl (C=O) groups is 1. The van der Waals surface area contributed by atoms with Gasteiger partial charge in [-0.15, -0.1) is 0 Å². The van der Waals surface area contributed by atoms with Crippen LogP contribution < -0.4 is 5.32 Å². The van der Waals surface area contributed by atoms with E-state index < -0.39 is 5.95 Å². The van der Waals surface area contributed by atoms with E-state index in [-0.39, 0.29) is 11.7 Å². The molecular formula is C14H9FN2O2. The van der Waals surface area contributed by atoms with Crippen molar-refractivity contribution in [1.82, 2.24) is 4.98 Å². The fourth-order valence-corrected chi connectivity index (χ4v) is 1.82. The van der Waals surface area contributed by atoms with Crippen LogP contribution in [-0.4, -0.2) is 10.9 Å². The van der Waals surface area contributed by atoms with Crippen LogP contribution in [0.5, 0.6) is 0 Å². The number of halogens is 1. The Hall–Kier alpha value is -2.69. The van der Waals surface area contributed by atoms with Gasteiger partial charge >= 0.3 is 0 Å². The Labute approximate surface area is 107 Å². The SMILES string of the molecule is O=C(Nc1cccc(F)n1)c1coc2ccccc12. The van der Waals surface area contributed by atoms with Crippen molar-refractivity contribution in [3.63, 3.8) is 0 Å². The molecule has 3 aromatic rings. The van der Waals surface area contributed by atoms with Crippen LogP contribution in [0, 0.1) is 5.95 Å². The second kappa shape index (κ2) is 4.53. The van der Waals surface area contributed by atoms with Crippen LogP contribution in [0.15, 0.2) is 53.1 Å². The minimum atomic E-state index is -0.644. The fourth-order valence-electron chi connectivity index (χ4n) is 1.82. The average molecular weight is 256 g/mol. The van der Waals surface area contributed by atoms with Gasteiger partial charge in [-0.25, -0.2) is 4.98 Å². The van der Waals surface area contributed by atoms with E-state index in [4.69, 9.17) is 4.42 Å². The third-order valence-electron chi connectivity index (χ3n) is 2.68. The Balaban J connectivity index is 1.92. The molecule has 0 unspecified atom stereocenters. The van der Waals surface area contributed by atoms with Gasteiger partial charge in [-0.2, -0.15) is 4.39 Å². The summed E-state index contributed by atoms with van der Waals surface area (Å²) in [5.41, 5.74) is 1.02. The fraction of sp³-hybridized carbons (Fsp3) is 0. The maximum atomic E-state index is 12.9. The molecule has 4 nitrogen and oxygen atoms in total. The van der Waals surface area contributed by atoms with E-state index in [0.29, 0.717) is 16.5 Å². The van der Waals surface area contributed by atoms with Gasteiger partial charge in [0, 0.05) is 5.39 Å². The van der Waals surface area contributed by atoms with Gasteiger partial charge in [-0.1, -0.05) is 24.3 Å². The first kappa shape index (κ1) is 11.4. The molecule has 0 aliphatic carbocycles. The minimum absolute atomic E-state index is 0.162. The zero-order valence-electron chi connectivity index (χ0n) is 9.76. The van der Waals surface area contributed by atoms with Gasteiger partial charge < -0.3 is 9.73 Å². The number of carbonyl (C=O) groups excluding carboxylic acids is 1. The largest absolute Gasteiger partial charge is 0.463 e. The highest BCUT2D eigenvalue weighted by atomic mass is 19.1.